The second-order valence-electron chi connectivity index (χ2n) is 10.6. The number of unbranched alkanes of at least 4 members (excludes halogenated alkanes) is 12. The summed E-state index contributed by atoms with van der Waals surface area (Å²) in [6, 6.07) is -2.03. The van der Waals surface area contributed by atoms with Crippen molar-refractivity contribution in [1.82, 2.24) is 10.2 Å². The molecule has 1 aliphatic rings. The lowest BCUT2D eigenvalue weighted by atomic mass is 10.1. The van der Waals surface area contributed by atoms with Crippen molar-refractivity contribution in [2.75, 3.05) is 13.1 Å². The van der Waals surface area contributed by atoms with E-state index >= 15 is 0 Å². The van der Waals surface area contributed by atoms with E-state index in [4.69, 9.17) is 11.5 Å². The molecule has 0 bridgehead atoms. The Morgan fingerprint density at radius 1 is 0.919 bits per heavy atom. The van der Waals surface area contributed by atoms with Crippen LogP contribution in [0.1, 0.15) is 122 Å². The van der Waals surface area contributed by atoms with Crippen LogP contribution in [0.15, 0.2) is 12.2 Å². The number of allylic oxidation sites excluding steroid dienone is 2. The van der Waals surface area contributed by atoms with Crippen LogP contribution in [0.25, 0.3) is 0 Å². The largest absolute Gasteiger partial charge is 0.480 e. The minimum Gasteiger partial charge on any atom is -0.480 e. The number of carboxylic acids is 1. The smallest absolute Gasteiger partial charge is 0.326 e. The molecule has 1 heterocycles. The molecule has 8 heteroatoms. The Morgan fingerprint density at radius 2 is 1.51 bits per heavy atom. The van der Waals surface area contributed by atoms with E-state index in [-0.39, 0.29) is 30.8 Å². The standard InChI is InChI=1S/C29H54N4O4/c1-2-3-4-5-6-7-8-9-10-11-12-13-14-15-16-20-27(34)32-24-22-26(29(36)37)33(23-24)28(35)25(31)19-17-18-21-30/h9-10,24-26H,2-8,11-23,30-31H2,1H3,(H,32,34)(H,36,37)/t24-,25?,26-/m0/s1. The Labute approximate surface area is 225 Å². The maximum absolute atomic E-state index is 12.7. The molecule has 1 saturated heterocycles. The molecule has 1 rings (SSSR count). The van der Waals surface area contributed by atoms with Gasteiger partial charge >= 0.3 is 5.97 Å². The molecule has 3 atom stereocenters. The molecule has 0 spiro atoms. The first kappa shape index (κ1) is 33.1. The van der Waals surface area contributed by atoms with Gasteiger partial charge in [0.25, 0.3) is 0 Å². The fourth-order valence-electron chi connectivity index (χ4n) is 4.92. The van der Waals surface area contributed by atoms with Crippen LogP contribution in [0, 0.1) is 0 Å². The normalized spacial score (nSPS) is 18.4. The van der Waals surface area contributed by atoms with E-state index in [1.165, 1.54) is 62.7 Å². The topological polar surface area (TPSA) is 139 Å². The third-order valence-electron chi connectivity index (χ3n) is 7.19. The number of likely N-dealkylation sites (tertiary alicyclic amines) is 1. The summed E-state index contributed by atoms with van der Waals surface area (Å²) in [4.78, 5) is 38.1. The summed E-state index contributed by atoms with van der Waals surface area (Å²) >= 11 is 0. The van der Waals surface area contributed by atoms with E-state index in [1.807, 2.05) is 0 Å². The van der Waals surface area contributed by atoms with Crippen molar-refractivity contribution in [1.29, 1.82) is 0 Å². The van der Waals surface area contributed by atoms with Crippen LogP contribution in [0.4, 0.5) is 0 Å². The first-order valence-electron chi connectivity index (χ1n) is 14.8. The van der Waals surface area contributed by atoms with Gasteiger partial charge in [-0.1, -0.05) is 76.9 Å². The van der Waals surface area contributed by atoms with Crippen LogP contribution in [-0.2, 0) is 14.4 Å². The Balaban J connectivity index is 2.15. The molecule has 1 fully saturated rings. The molecular formula is C29H54N4O4. The molecule has 1 unspecified atom stereocenters. The zero-order valence-electron chi connectivity index (χ0n) is 23.3. The van der Waals surface area contributed by atoms with Crippen molar-refractivity contribution in [3.8, 4) is 0 Å². The highest BCUT2D eigenvalue weighted by Gasteiger charge is 2.41. The van der Waals surface area contributed by atoms with Crippen molar-refractivity contribution in [2.45, 2.75) is 141 Å². The molecule has 214 valence electrons. The van der Waals surface area contributed by atoms with Crippen molar-refractivity contribution in [2.24, 2.45) is 11.5 Å². The Morgan fingerprint density at radius 3 is 2.11 bits per heavy atom. The first-order valence-corrected chi connectivity index (χ1v) is 14.8. The Bertz CT molecular complexity index is 670. The quantitative estimate of drug-likeness (QED) is 0.121. The molecule has 37 heavy (non-hydrogen) atoms. The third-order valence-corrected chi connectivity index (χ3v) is 7.19. The second-order valence-corrected chi connectivity index (χ2v) is 10.6. The maximum Gasteiger partial charge on any atom is 0.326 e. The van der Waals surface area contributed by atoms with E-state index in [2.05, 4.69) is 24.4 Å². The minimum absolute atomic E-state index is 0.0756. The van der Waals surface area contributed by atoms with Crippen LogP contribution in [0.3, 0.4) is 0 Å². The second kappa shape index (κ2) is 21.1. The van der Waals surface area contributed by atoms with Gasteiger partial charge in [-0.25, -0.2) is 4.79 Å². The maximum atomic E-state index is 12.7. The fraction of sp³-hybridized carbons (Fsp3) is 0.828. The lowest BCUT2D eigenvalue weighted by Crippen LogP contribution is -2.49. The van der Waals surface area contributed by atoms with Crippen molar-refractivity contribution in [3.05, 3.63) is 12.2 Å². The first-order chi connectivity index (χ1) is 17.9. The van der Waals surface area contributed by atoms with E-state index in [1.54, 1.807) is 0 Å². The molecule has 0 aromatic heterocycles. The molecule has 0 saturated carbocycles. The average molecular weight is 523 g/mol. The molecular weight excluding hydrogens is 468 g/mol. The highest BCUT2D eigenvalue weighted by molar-refractivity contribution is 5.88. The third kappa shape index (κ3) is 15.2. The zero-order valence-corrected chi connectivity index (χ0v) is 23.3. The number of rotatable bonds is 22. The van der Waals surface area contributed by atoms with Gasteiger partial charge in [0.15, 0.2) is 0 Å². The zero-order chi connectivity index (χ0) is 27.3. The molecule has 6 N–H and O–H groups in total. The van der Waals surface area contributed by atoms with Crippen LogP contribution in [-0.4, -0.2) is 59.0 Å². The van der Waals surface area contributed by atoms with Crippen LogP contribution in [0.2, 0.25) is 0 Å². The minimum atomic E-state index is -1.06. The van der Waals surface area contributed by atoms with Gasteiger partial charge in [0.2, 0.25) is 11.8 Å². The lowest BCUT2D eigenvalue weighted by molar-refractivity contribution is -0.148. The summed E-state index contributed by atoms with van der Waals surface area (Å²) in [5.74, 6) is -1.50. The van der Waals surface area contributed by atoms with Crippen molar-refractivity contribution >= 4 is 17.8 Å². The van der Waals surface area contributed by atoms with Crippen LogP contribution >= 0.6 is 0 Å². The molecule has 8 nitrogen and oxygen atoms in total. The van der Waals surface area contributed by atoms with Crippen molar-refractivity contribution < 1.29 is 19.5 Å². The number of nitrogens with zero attached hydrogens (tertiary/aromatic N) is 1. The van der Waals surface area contributed by atoms with Gasteiger partial charge in [-0.15, -0.1) is 0 Å². The van der Waals surface area contributed by atoms with Gasteiger partial charge in [0.05, 0.1) is 6.04 Å². The van der Waals surface area contributed by atoms with Gasteiger partial charge < -0.3 is 26.8 Å². The predicted molar refractivity (Wildman–Crippen MR) is 150 cm³/mol. The number of hydrogen-bond acceptors (Lipinski definition) is 5. The van der Waals surface area contributed by atoms with Crippen LogP contribution < -0.4 is 16.8 Å². The van der Waals surface area contributed by atoms with Crippen molar-refractivity contribution in [3.63, 3.8) is 0 Å². The summed E-state index contributed by atoms with van der Waals surface area (Å²) in [7, 11) is 0. The number of nitrogens with one attached hydrogen (secondary N) is 1. The molecule has 1 aliphatic heterocycles. The summed E-state index contributed by atoms with van der Waals surface area (Å²) in [6.45, 7) is 2.98. The average Bonchev–Trinajstić information content (AvgIpc) is 3.30. The van der Waals surface area contributed by atoms with Crippen LogP contribution in [0.5, 0.6) is 0 Å². The van der Waals surface area contributed by atoms with Gasteiger partial charge in [-0.05, 0) is 51.5 Å². The fourth-order valence-corrected chi connectivity index (χ4v) is 4.92. The number of carboxylic acid groups (broad SMARTS) is 1. The van der Waals surface area contributed by atoms with Gasteiger partial charge in [0, 0.05) is 25.4 Å². The highest BCUT2D eigenvalue weighted by Crippen LogP contribution is 2.20. The van der Waals surface area contributed by atoms with E-state index in [9.17, 15) is 19.5 Å². The summed E-state index contributed by atoms with van der Waals surface area (Å²) < 4.78 is 0. The molecule has 0 radical (unpaired) electrons. The van der Waals surface area contributed by atoms with E-state index in [0.717, 1.165) is 38.5 Å². The predicted octanol–water partition coefficient (Wildman–Crippen LogP) is 4.65. The van der Waals surface area contributed by atoms with Gasteiger partial charge in [-0.3, -0.25) is 9.59 Å². The molecule has 0 aliphatic carbocycles. The van der Waals surface area contributed by atoms with E-state index in [0.29, 0.717) is 19.4 Å². The highest BCUT2D eigenvalue weighted by atomic mass is 16.4. The number of carbonyl (C=O) groups excluding carboxylic acids is 2. The van der Waals surface area contributed by atoms with Gasteiger partial charge in [0.1, 0.15) is 6.04 Å². The Hall–Kier alpha value is -1.93. The SMILES string of the molecule is CCCCCCCCC=CCCCCCCCC(=O)N[C@H]1C[C@@H](C(=O)O)N(C(=O)C(N)CCCCN)C1. The molecule has 0 aromatic carbocycles. The Kier molecular flexibility index (Phi) is 18.8. The summed E-state index contributed by atoms with van der Waals surface area (Å²) in [6.07, 6.45) is 23.0. The number of amides is 2. The summed E-state index contributed by atoms with van der Waals surface area (Å²) in [5.41, 5.74) is 11.5. The number of aliphatic carboxylic acids is 1. The number of hydrogen-bond donors (Lipinski definition) is 4. The lowest BCUT2D eigenvalue weighted by Gasteiger charge is -2.24. The number of carbonyl (C=O) groups is 3. The van der Waals surface area contributed by atoms with E-state index < -0.39 is 18.1 Å². The summed E-state index contributed by atoms with van der Waals surface area (Å²) in [5, 5.41) is 12.5. The number of nitrogens with two attached hydrogens (primary N) is 2. The van der Waals surface area contributed by atoms with Gasteiger partial charge in [-0.2, -0.15) is 0 Å². The molecule has 2 amide bonds. The monoisotopic (exact) mass is 522 g/mol. The molecule has 0 aromatic rings.